The normalized spacial score (nSPS) is 21.1. The van der Waals surface area contributed by atoms with Gasteiger partial charge in [0.05, 0.1) is 0 Å². The molecule has 0 bridgehead atoms. The van der Waals surface area contributed by atoms with Gasteiger partial charge in [0, 0.05) is 12.0 Å². The molecule has 1 saturated heterocycles. The van der Waals surface area contributed by atoms with E-state index in [2.05, 4.69) is 31.7 Å². The second-order valence-corrected chi connectivity index (χ2v) is 6.51. The first-order valence-corrected chi connectivity index (χ1v) is 8.22. The number of rotatable bonds is 8. The van der Waals surface area contributed by atoms with Crippen molar-refractivity contribution in [2.75, 3.05) is 19.6 Å². The topological polar surface area (TPSA) is 46.3 Å². The van der Waals surface area contributed by atoms with Crippen LogP contribution in [0.3, 0.4) is 0 Å². The van der Waals surface area contributed by atoms with Gasteiger partial charge in [-0.05, 0) is 50.8 Å². The van der Waals surface area contributed by atoms with Crippen molar-refractivity contribution in [1.29, 1.82) is 0 Å². The van der Waals surface area contributed by atoms with Gasteiger partial charge in [0.25, 0.3) is 0 Å². The zero-order valence-electron chi connectivity index (χ0n) is 13.5. The van der Waals surface area contributed by atoms with E-state index in [9.17, 15) is 4.79 Å². The van der Waals surface area contributed by atoms with Crippen LogP contribution in [0, 0.1) is 11.3 Å². The minimum absolute atomic E-state index is 0.117. The summed E-state index contributed by atoms with van der Waals surface area (Å²) in [5.41, 5.74) is 5.41. The predicted octanol–water partition coefficient (Wildman–Crippen LogP) is 3.35. The predicted molar refractivity (Wildman–Crippen MR) is 85.4 cm³/mol. The molecule has 1 fully saturated rings. The van der Waals surface area contributed by atoms with E-state index in [1.807, 2.05) is 0 Å². The summed E-state index contributed by atoms with van der Waals surface area (Å²) >= 11 is 0. The first kappa shape index (κ1) is 17.2. The summed E-state index contributed by atoms with van der Waals surface area (Å²) in [5, 5.41) is 0. The van der Waals surface area contributed by atoms with E-state index in [0.29, 0.717) is 0 Å². The Bertz CT molecular complexity index is 319. The summed E-state index contributed by atoms with van der Waals surface area (Å²) in [6.07, 6.45) is 10.9. The standard InChI is InChI=1S/C17H32N2O/c1-4-6-10-17(5-2,11-7-16(18)20)14-19-12-8-15(3)9-13-19/h7,11,15H,4-6,8-10,12-14H2,1-3H3,(H2,18,20)/b11-7+. The molecule has 1 unspecified atom stereocenters. The second-order valence-electron chi connectivity index (χ2n) is 6.51. The minimum Gasteiger partial charge on any atom is -0.366 e. The first-order valence-electron chi connectivity index (χ1n) is 8.22. The van der Waals surface area contributed by atoms with Gasteiger partial charge in [0.15, 0.2) is 0 Å². The highest BCUT2D eigenvalue weighted by Gasteiger charge is 2.29. The maximum atomic E-state index is 11.1. The average molecular weight is 280 g/mol. The summed E-state index contributed by atoms with van der Waals surface area (Å²) in [4.78, 5) is 13.7. The molecule has 0 aliphatic carbocycles. The van der Waals surface area contributed by atoms with Crippen molar-refractivity contribution in [2.24, 2.45) is 17.1 Å². The van der Waals surface area contributed by atoms with Crippen LogP contribution >= 0.6 is 0 Å². The third-order valence-corrected chi connectivity index (χ3v) is 4.75. The molecule has 1 heterocycles. The van der Waals surface area contributed by atoms with Gasteiger partial charge in [-0.1, -0.05) is 39.7 Å². The molecule has 0 spiro atoms. The number of nitrogens with two attached hydrogens (primary N) is 1. The van der Waals surface area contributed by atoms with Crippen molar-refractivity contribution >= 4 is 5.91 Å². The van der Waals surface area contributed by atoms with Crippen LogP contribution in [-0.4, -0.2) is 30.4 Å². The van der Waals surface area contributed by atoms with Crippen LogP contribution in [0.2, 0.25) is 0 Å². The van der Waals surface area contributed by atoms with Crippen LogP contribution in [0.15, 0.2) is 12.2 Å². The summed E-state index contributed by atoms with van der Waals surface area (Å²) in [7, 11) is 0. The number of primary amides is 1. The number of piperidine rings is 1. The molecular weight excluding hydrogens is 248 g/mol. The van der Waals surface area contributed by atoms with Crippen LogP contribution in [0.1, 0.15) is 59.3 Å². The zero-order chi connectivity index (χ0) is 15.0. The molecule has 0 aromatic heterocycles. The second kappa shape index (κ2) is 8.46. The van der Waals surface area contributed by atoms with E-state index in [-0.39, 0.29) is 11.3 Å². The Balaban J connectivity index is 2.71. The Morgan fingerprint density at radius 1 is 1.35 bits per heavy atom. The lowest BCUT2D eigenvalue weighted by molar-refractivity contribution is -0.113. The van der Waals surface area contributed by atoms with Crippen LogP contribution < -0.4 is 5.73 Å². The van der Waals surface area contributed by atoms with Crippen LogP contribution in [-0.2, 0) is 4.79 Å². The Labute approximate surface area is 124 Å². The number of carbonyl (C=O) groups is 1. The Hall–Kier alpha value is -0.830. The lowest BCUT2D eigenvalue weighted by atomic mass is 9.78. The molecule has 0 radical (unpaired) electrons. The summed E-state index contributed by atoms with van der Waals surface area (Å²) in [6, 6.07) is 0. The number of hydrogen-bond acceptors (Lipinski definition) is 2. The SMILES string of the molecule is CCCCC(/C=C/C(N)=O)(CC)CN1CCC(C)CC1. The van der Waals surface area contributed by atoms with Gasteiger partial charge in [0.1, 0.15) is 0 Å². The fourth-order valence-electron chi connectivity index (χ4n) is 3.07. The van der Waals surface area contributed by atoms with Crippen molar-refractivity contribution in [3.8, 4) is 0 Å². The summed E-state index contributed by atoms with van der Waals surface area (Å²) in [5.74, 6) is 0.533. The number of nitrogens with zero attached hydrogens (tertiary/aromatic N) is 1. The molecule has 1 atom stereocenters. The molecule has 3 nitrogen and oxygen atoms in total. The largest absolute Gasteiger partial charge is 0.366 e. The zero-order valence-corrected chi connectivity index (χ0v) is 13.5. The maximum absolute atomic E-state index is 11.1. The monoisotopic (exact) mass is 280 g/mol. The van der Waals surface area contributed by atoms with E-state index in [4.69, 9.17) is 5.73 Å². The van der Waals surface area contributed by atoms with Gasteiger partial charge in [0.2, 0.25) is 5.91 Å². The molecule has 1 rings (SSSR count). The Morgan fingerprint density at radius 3 is 2.50 bits per heavy atom. The average Bonchev–Trinajstić information content (AvgIpc) is 2.44. The molecule has 116 valence electrons. The van der Waals surface area contributed by atoms with E-state index in [1.54, 1.807) is 6.08 Å². The smallest absolute Gasteiger partial charge is 0.241 e. The fourth-order valence-corrected chi connectivity index (χ4v) is 3.07. The van der Waals surface area contributed by atoms with E-state index in [0.717, 1.165) is 25.3 Å². The fraction of sp³-hybridized carbons (Fsp3) is 0.824. The molecule has 0 aromatic rings. The van der Waals surface area contributed by atoms with E-state index >= 15 is 0 Å². The van der Waals surface area contributed by atoms with Gasteiger partial charge >= 0.3 is 0 Å². The van der Waals surface area contributed by atoms with Crippen LogP contribution in [0.25, 0.3) is 0 Å². The third kappa shape index (κ3) is 5.66. The molecule has 1 aliphatic rings. The lowest BCUT2D eigenvalue weighted by Gasteiger charge is -2.39. The Morgan fingerprint density at radius 2 is 2.00 bits per heavy atom. The maximum Gasteiger partial charge on any atom is 0.241 e. The van der Waals surface area contributed by atoms with Crippen molar-refractivity contribution in [3.05, 3.63) is 12.2 Å². The van der Waals surface area contributed by atoms with Gasteiger partial charge in [-0.2, -0.15) is 0 Å². The molecule has 20 heavy (non-hydrogen) atoms. The molecule has 1 amide bonds. The molecule has 0 aromatic carbocycles. The molecule has 0 saturated carbocycles. The highest BCUT2D eigenvalue weighted by atomic mass is 16.1. The van der Waals surface area contributed by atoms with Crippen LogP contribution in [0.4, 0.5) is 0 Å². The molecule has 1 aliphatic heterocycles. The summed E-state index contributed by atoms with van der Waals surface area (Å²) < 4.78 is 0. The number of amides is 1. The number of likely N-dealkylation sites (tertiary alicyclic amines) is 1. The van der Waals surface area contributed by atoms with E-state index in [1.165, 1.54) is 38.8 Å². The van der Waals surface area contributed by atoms with E-state index < -0.39 is 0 Å². The van der Waals surface area contributed by atoms with Gasteiger partial charge in [-0.3, -0.25) is 4.79 Å². The van der Waals surface area contributed by atoms with Gasteiger partial charge in [-0.25, -0.2) is 0 Å². The third-order valence-electron chi connectivity index (χ3n) is 4.75. The quantitative estimate of drug-likeness (QED) is 0.693. The van der Waals surface area contributed by atoms with Crippen molar-refractivity contribution < 1.29 is 4.79 Å². The summed E-state index contributed by atoms with van der Waals surface area (Å²) in [6.45, 7) is 10.3. The first-order chi connectivity index (χ1) is 9.51. The Kier molecular flexibility index (Phi) is 7.28. The van der Waals surface area contributed by atoms with Gasteiger partial charge in [-0.15, -0.1) is 0 Å². The van der Waals surface area contributed by atoms with Gasteiger partial charge < -0.3 is 10.6 Å². The van der Waals surface area contributed by atoms with Crippen molar-refractivity contribution in [3.63, 3.8) is 0 Å². The minimum atomic E-state index is -0.327. The lowest BCUT2D eigenvalue weighted by Crippen LogP contribution is -2.41. The number of carbonyl (C=O) groups excluding carboxylic acids is 1. The molecule has 2 N–H and O–H groups in total. The van der Waals surface area contributed by atoms with Crippen molar-refractivity contribution in [1.82, 2.24) is 4.90 Å². The highest BCUT2D eigenvalue weighted by molar-refractivity contribution is 5.85. The highest BCUT2D eigenvalue weighted by Crippen LogP contribution is 2.33. The number of hydrogen-bond donors (Lipinski definition) is 1. The molecule has 3 heteroatoms. The molecular formula is C17H32N2O. The number of unbranched alkanes of at least 4 members (excludes halogenated alkanes) is 1. The van der Waals surface area contributed by atoms with Crippen LogP contribution in [0.5, 0.6) is 0 Å². The van der Waals surface area contributed by atoms with Crippen molar-refractivity contribution in [2.45, 2.75) is 59.3 Å².